The second kappa shape index (κ2) is 23.3. The molecular weight excluding hydrogens is 594 g/mol. The lowest BCUT2D eigenvalue weighted by molar-refractivity contribution is -0.118. The molecule has 1 aliphatic heterocycles. The number of carbonyl (C=O) groups excluding carboxylic acids is 2. The fourth-order valence-electron chi connectivity index (χ4n) is 3.19. The molecule has 1 saturated heterocycles. The van der Waals surface area contributed by atoms with E-state index in [0.717, 1.165) is 0 Å². The van der Waals surface area contributed by atoms with Crippen molar-refractivity contribution in [1.29, 1.82) is 0 Å². The first-order valence-electron chi connectivity index (χ1n) is 14.0. The third-order valence-corrected chi connectivity index (χ3v) is 9.34. The van der Waals surface area contributed by atoms with Crippen molar-refractivity contribution in [1.82, 2.24) is 14.2 Å². The van der Waals surface area contributed by atoms with Gasteiger partial charge in [0.25, 0.3) is 15.0 Å². The van der Waals surface area contributed by atoms with Crippen molar-refractivity contribution in [2.75, 3.05) is 92.7 Å². The summed E-state index contributed by atoms with van der Waals surface area (Å²) in [5.41, 5.74) is 4.96. The van der Waals surface area contributed by atoms with E-state index in [2.05, 4.69) is 0 Å². The van der Waals surface area contributed by atoms with Crippen LogP contribution in [0.1, 0.15) is 41.5 Å². The lowest BCUT2D eigenvalue weighted by Gasteiger charge is -2.37. The summed E-state index contributed by atoms with van der Waals surface area (Å²) < 4.78 is 53.5. The fraction of sp³-hybridized carbons (Fsp3) is 0.920. The minimum Gasteiger partial charge on any atom is -0.447 e. The quantitative estimate of drug-likeness (QED) is 0.163. The first kappa shape index (κ1) is 43.0. The van der Waals surface area contributed by atoms with Gasteiger partial charge in [-0.2, -0.15) is 0 Å². The van der Waals surface area contributed by atoms with E-state index < -0.39 is 27.0 Å². The van der Waals surface area contributed by atoms with E-state index in [-0.39, 0.29) is 44.7 Å². The Labute approximate surface area is 251 Å². The average molecular weight is 651 g/mol. The van der Waals surface area contributed by atoms with Crippen LogP contribution in [-0.4, -0.2) is 148 Å². The van der Waals surface area contributed by atoms with Gasteiger partial charge < -0.3 is 44.1 Å². The molecule has 0 radical (unpaired) electrons. The third-order valence-electron chi connectivity index (χ3n) is 4.91. The molecule has 0 saturated carbocycles. The first-order chi connectivity index (χ1) is 19.3. The highest BCUT2D eigenvalue weighted by Gasteiger charge is 2.32. The summed E-state index contributed by atoms with van der Waals surface area (Å²) in [6.45, 7) is 17.2. The molecule has 4 N–H and O–H groups in total. The molecule has 0 aliphatic carbocycles. The van der Waals surface area contributed by atoms with Gasteiger partial charge in [-0.3, -0.25) is 13.9 Å². The molecule has 0 aromatic heterocycles. The van der Waals surface area contributed by atoms with E-state index in [4.69, 9.17) is 39.2 Å². The Morgan fingerprint density at radius 1 is 0.857 bits per heavy atom. The van der Waals surface area contributed by atoms with Gasteiger partial charge in [0.15, 0.2) is 0 Å². The van der Waals surface area contributed by atoms with Crippen LogP contribution in [0.15, 0.2) is 0 Å². The van der Waals surface area contributed by atoms with Gasteiger partial charge in [0.2, 0.25) is 5.91 Å². The molecule has 1 aliphatic rings. The van der Waals surface area contributed by atoms with Gasteiger partial charge >= 0.3 is 6.09 Å². The number of aliphatic hydroxyl groups is 2. The predicted octanol–water partition coefficient (Wildman–Crippen LogP) is 2.05. The molecule has 0 bridgehead atoms. The van der Waals surface area contributed by atoms with Gasteiger partial charge in [-0.1, -0.05) is 0 Å². The summed E-state index contributed by atoms with van der Waals surface area (Å²) in [6.07, 6.45) is -0.797. The van der Waals surface area contributed by atoms with Crippen molar-refractivity contribution in [3.63, 3.8) is 0 Å². The van der Waals surface area contributed by atoms with Crippen LogP contribution in [0, 0.1) is 0 Å². The zero-order valence-corrected chi connectivity index (χ0v) is 28.7. The Bertz CT molecular complexity index is 823. The van der Waals surface area contributed by atoms with Crippen molar-refractivity contribution in [2.45, 2.75) is 59.9 Å². The van der Waals surface area contributed by atoms with Gasteiger partial charge in [0, 0.05) is 45.6 Å². The van der Waals surface area contributed by atoms with E-state index in [9.17, 15) is 18.7 Å². The van der Waals surface area contributed by atoms with Crippen molar-refractivity contribution in [3.05, 3.63) is 0 Å². The maximum absolute atomic E-state index is 12.5. The van der Waals surface area contributed by atoms with E-state index in [1.807, 2.05) is 13.8 Å². The Hall–Kier alpha value is -1.12. The summed E-state index contributed by atoms with van der Waals surface area (Å²) in [5, 5.41) is 16.6. The number of hydrogen-bond acceptors (Lipinski definition) is 11. The molecule has 2 amide bonds. The topological polar surface area (TPSA) is 191 Å². The molecule has 2 unspecified atom stereocenters. The zero-order valence-electron chi connectivity index (χ0n) is 26.9. The van der Waals surface area contributed by atoms with E-state index in [1.54, 1.807) is 51.0 Å². The van der Waals surface area contributed by atoms with Crippen molar-refractivity contribution >= 4 is 27.0 Å². The van der Waals surface area contributed by atoms with Crippen molar-refractivity contribution in [3.8, 4) is 0 Å². The Balaban J connectivity index is 0. The van der Waals surface area contributed by atoms with Gasteiger partial charge in [-0.15, -0.1) is 0 Å². The highest BCUT2D eigenvalue weighted by molar-refractivity contribution is 7.55. The van der Waals surface area contributed by atoms with Crippen LogP contribution < -0.4 is 5.73 Å². The Kier molecular flexibility index (Phi) is 23.8. The van der Waals surface area contributed by atoms with E-state index in [0.29, 0.717) is 46.0 Å². The zero-order chi connectivity index (χ0) is 32.9. The van der Waals surface area contributed by atoms with E-state index in [1.165, 1.54) is 11.3 Å². The highest BCUT2D eigenvalue weighted by atomic mass is 31.2. The molecular formula is C25H56N4O11P2. The first-order valence-corrected chi connectivity index (χ1v) is 18.0. The Morgan fingerprint density at radius 3 is 1.74 bits per heavy atom. The molecule has 1 rings (SSSR count). The molecule has 17 heteroatoms. The SMILES string of the molecule is CC(C)O.CC(C)OP(C)(=O)N(C)CC(N)=O.CC(C)OP(C)(=O)N1CCN(C(=O)OCCOCCOCCO)CC1. The number of nitrogens with two attached hydrogens (primary N) is 1. The molecule has 1 fully saturated rings. The second-order valence-corrected chi connectivity index (χ2v) is 15.2. The van der Waals surface area contributed by atoms with Crippen LogP contribution >= 0.6 is 15.0 Å². The summed E-state index contributed by atoms with van der Waals surface area (Å²) in [5.74, 6) is -0.517. The number of rotatable bonds is 16. The minimum atomic E-state index is -2.86. The van der Waals surface area contributed by atoms with Crippen molar-refractivity contribution < 1.29 is 52.2 Å². The number of carbonyl (C=O) groups is 2. The lowest BCUT2D eigenvalue weighted by Crippen LogP contribution is -2.47. The largest absolute Gasteiger partial charge is 0.447 e. The van der Waals surface area contributed by atoms with Crippen LogP contribution in [-0.2, 0) is 37.2 Å². The molecule has 15 nitrogen and oxygen atoms in total. The van der Waals surface area contributed by atoms with Gasteiger partial charge in [0.1, 0.15) is 6.61 Å². The molecule has 252 valence electrons. The van der Waals surface area contributed by atoms with Crippen molar-refractivity contribution in [2.24, 2.45) is 5.73 Å². The molecule has 0 spiro atoms. The molecule has 0 aromatic carbocycles. The normalized spacial score (nSPS) is 16.8. The number of aliphatic hydroxyl groups excluding tert-OH is 2. The van der Waals surface area contributed by atoms with E-state index >= 15 is 0 Å². The Morgan fingerprint density at radius 2 is 1.31 bits per heavy atom. The number of ether oxygens (including phenoxy) is 3. The number of primary amides is 1. The fourth-order valence-corrected chi connectivity index (χ4v) is 6.35. The van der Waals surface area contributed by atoms with Gasteiger partial charge in [-0.05, 0) is 48.6 Å². The highest BCUT2D eigenvalue weighted by Crippen LogP contribution is 2.48. The van der Waals surface area contributed by atoms with Gasteiger partial charge in [0.05, 0.1) is 51.8 Å². The smallest absolute Gasteiger partial charge is 0.409 e. The number of amides is 2. The van der Waals surface area contributed by atoms with Gasteiger partial charge in [-0.25, -0.2) is 14.1 Å². The van der Waals surface area contributed by atoms with Crippen LogP contribution in [0.3, 0.4) is 0 Å². The monoisotopic (exact) mass is 650 g/mol. The minimum absolute atomic E-state index is 0.0119. The van der Waals surface area contributed by atoms with Crippen LogP contribution in [0.25, 0.3) is 0 Å². The maximum atomic E-state index is 12.5. The summed E-state index contributed by atoms with van der Waals surface area (Å²) in [6, 6.07) is 0. The summed E-state index contributed by atoms with van der Waals surface area (Å²) in [4.78, 5) is 24.1. The standard InChI is InChI=1S/C15H31N2O7P.C7H17N2O3P.C3H8O/c1-14(2)24-25(3,20)17-6-4-16(5-7-17)15(19)23-13-12-22-11-10-21-9-8-18;1-6(2)12-13(4,11)9(3)5-7(8)10;1-3(2)4/h14,18H,4-13H2,1-3H3;6H,5H2,1-4H3,(H2,8,10);3-4H,1-2H3. The number of piperazine rings is 1. The second-order valence-electron chi connectivity index (χ2n) is 10.3. The predicted molar refractivity (Wildman–Crippen MR) is 162 cm³/mol. The van der Waals surface area contributed by atoms with Crippen LogP contribution in [0.4, 0.5) is 4.79 Å². The molecule has 0 aromatic rings. The average Bonchev–Trinajstić information content (AvgIpc) is 2.84. The molecule has 2 atom stereocenters. The third kappa shape index (κ3) is 23.3. The number of likely N-dealkylation sites (N-methyl/N-ethyl adjacent to an activating group) is 1. The summed E-state index contributed by atoms with van der Waals surface area (Å²) in [7, 11) is -4.13. The number of hydrogen-bond donors (Lipinski definition) is 3. The molecule has 42 heavy (non-hydrogen) atoms. The summed E-state index contributed by atoms with van der Waals surface area (Å²) >= 11 is 0. The number of nitrogens with zero attached hydrogens (tertiary/aromatic N) is 3. The maximum Gasteiger partial charge on any atom is 0.409 e. The lowest BCUT2D eigenvalue weighted by atomic mass is 10.4. The van der Waals surface area contributed by atoms with Crippen LogP contribution in [0.2, 0.25) is 0 Å². The molecule has 1 heterocycles. The van der Waals surface area contributed by atoms with Crippen LogP contribution in [0.5, 0.6) is 0 Å².